The van der Waals surface area contributed by atoms with Gasteiger partial charge < -0.3 is 14.2 Å². The first-order valence-electron chi connectivity index (χ1n) is 14.2. The molecule has 2 fully saturated rings. The minimum absolute atomic E-state index is 0.360. The molecule has 2 aromatic rings. The van der Waals surface area contributed by atoms with Crippen LogP contribution in [0.4, 0.5) is 0 Å². The molecule has 4 heteroatoms. The zero-order valence-electron chi connectivity index (χ0n) is 24.8. The Morgan fingerprint density at radius 1 is 1.10 bits per heavy atom. The Bertz CT molecular complexity index is 1180. The Morgan fingerprint density at radius 2 is 1.79 bits per heavy atom. The van der Waals surface area contributed by atoms with Gasteiger partial charge in [0.2, 0.25) is 0 Å². The van der Waals surface area contributed by atoms with Gasteiger partial charge in [-0.15, -0.1) is 0 Å². The number of ether oxygens (including phenoxy) is 3. The fraction of sp³-hybridized carbons (Fsp3) is 0.457. The van der Waals surface area contributed by atoms with Gasteiger partial charge in [0.05, 0.1) is 13.2 Å². The summed E-state index contributed by atoms with van der Waals surface area (Å²) in [5.41, 5.74) is 9.30. The number of hydrogen-bond acceptors (Lipinski definition) is 4. The summed E-state index contributed by atoms with van der Waals surface area (Å²) < 4.78 is 16.4. The van der Waals surface area contributed by atoms with Crippen molar-refractivity contribution in [3.05, 3.63) is 88.7 Å². The monoisotopic (exact) mass is 530 g/mol. The number of benzene rings is 2. The van der Waals surface area contributed by atoms with Crippen molar-refractivity contribution in [2.45, 2.75) is 80.3 Å². The van der Waals surface area contributed by atoms with E-state index in [0.717, 1.165) is 36.5 Å². The lowest BCUT2D eigenvalue weighted by atomic mass is 9.71. The predicted octanol–water partition coefficient (Wildman–Crippen LogP) is 9.05. The summed E-state index contributed by atoms with van der Waals surface area (Å²) >= 11 is 0. The number of rotatable bonds is 10. The molecule has 210 valence electrons. The summed E-state index contributed by atoms with van der Waals surface area (Å²) in [6.07, 6.45) is 10.5. The first-order chi connectivity index (χ1) is 18.7. The van der Waals surface area contributed by atoms with Crippen molar-refractivity contribution < 1.29 is 19.0 Å². The minimum atomic E-state index is 0.360. The third-order valence-corrected chi connectivity index (χ3v) is 7.76. The molecule has 2 aliphatic carbocycles. The largest absolute Gasteiger partial charge is 0.493 e. The summed E-state index contributed by atoms with van der Waals surface area (Å²) in [5.74, 6) is 2.42. The third-order valence-electron chi connectivity index (χ3n) is 7.76. The number of aryl methyl sites for hydroxylation is 2. The van der Waals surface area contributed by atoms with Gasteiger partial charge in [0.1, 0.15) is 18.1 Å². The predicted molar refractivity (Wildman–Crippen MR) is 161 cm³/mol. The van der Waals surface area contributed by atoms with Crippen molar-refractivity contribution in [3.8, 4) is 16.9 Å². The Morgan fingerprint density at radius 3 is 2.36 bits per heavy atom. The van der Waals surface area contributed by atoms with E-state index in [-0.39, 0.29) is 0 Å². The molecule has 4 rings (SSSR count). The summed E-state index contributed by atoms with van der Waals surface area (Å²) in [5, 5.41) is 0. The van der Waals surface area contributed by atoms with E-state index in [0.29, 0.717) is 31.0 Å². The van der Waals surface area contributed by atoms with Crippen molar-refractivity contribution in [2.75, 3.05) is 13.2 Å². The molecule has 0 saturated heterocycles. The average Bonchev–Trinajstić information content (AvgIpc) is 3.24. The number of carbonyl (C=O) groups is 1. The molecule has 0 N–H and O–H groups in total. The molecule has 0 spiro atoms. The van der Waals surface area contributed by atoms with Gasteiger partial charge in [-0.3, -0.25) is 4.79 Å². The maximum absolute atomic E-state index is 9.18. The Labute approximate surface area is 235 Å². The zero-order chi connectivity index (χ0) is 28.4. The summed E-state index contributed by atoms with van der Waals surface area (Å²) in [6, 6.07) is 13.0. The van der Waals surface area contributed by atoms with Crippen LogP contribution in [0.5, 0.6) is 5.75 Å². The average molecular weight is 531 g/mol. The normalized spacial score (nSPS) is 19.6. The van der Waals surface area contributed by atoms with Gasteiger partial charge in [-0.05, 0) is 123 Å². The second-order valence-corrected chi connectivity index (χ2v) is 11.4. The fourth-order valence-electron chi connectivity index (χ4n) is 5.48. The standard InChI is InChI=1S/C32H40O2.C3H6O2/c1-7-27-14-22(2)15-29(27)18-25(5)33-20-26-10-8-11-28(19-26)31-23(3)16-30(17-24(31)4)34-21-32(6)12-9-13-32;1-2-5-3-4/h7-8,10-11,16-19,22H,5,9,12-15,20-21H2,1-4,6H3;3H,2H2,1H3/b27-7-,29-18-;. The van der Waals surface area contributed by atoms with Crippen LogP contribution in [0.15, 0.2) is 72.0 Å². The molecule has 4 nitrogen and oxygen atoms in total. The van der Waals surface area contributed by atoms with E-state index < -0.39 is 0 Å². The van der Waals surface area contributed by atoms with E-state index in [2.05, 4.69) is 94.5 Å². The second-order valence-electron chi connectivity index (χ2n) is 11.4. The zero-order valence-corrected chi connectivity index (χ0v) is 24.8. The van der Waals surface area contributed by atoms with Gasteiger partial charge in [-0.25, -0.2) is 0 Å². The molecular weight excluding hydrogens is 484 g/mol. The summed E-state index contributed by atoms with van der Waals surface area (Å²) in [7, 11) is 0. The number of hydrogen-bond donors (Lipinski definition) is 0. The fourth-order valence-corrected chi connectivity index (χ4v) is 5.48. The lowest BCUT2D eigenvalue weighted by molar-refractivity contribution is -0.128. The molecule has 1 unspecified atom stereocenters. The molecule has 0 bridgehead atoms. The molecule has 0 heterocycles. The van der Waals surface area contributed by atoms with E-state index in [1.54, 1.807) is 6.92 Å². The molecule has 2 saturated carbocycles. The van der Waals surface area contributed by atoms with Crippen molar-refractivity contribution in [1.29, 1.82) is 0 Å². The van der Waals surface area contributed by atoms with Crippen LogP contribution in [-0.2, 0) is 20.9 Å². The van der Waals surface area contributed by atoms with Crippen LogP contribution in [-0.4, -0.2) is 19.7 Å². The highest BCUT2D eigenvalue weighted by Crippen LogP contribution is 2.41. The van der Waals surface area contributed by atoms with Crippen LogP contribution in [0.1, 0.15) is 76.5 Å². The van der Waals surface area contributed by atoms with Gasteiger partial charge in [0.15, 0.2) is 0 Å². The third kappa shape index (κ3) is 8.61. The molecule has 1 atom stereocenters. The van der Waals surface area contributed by atoms with Crippen LogP contribution in [0.2, 0.25) is 0 Å². The Hall–Kier alpha value is -3.27. The van der Waals surface area contributed by atoms with E-state index in [1.165, 1.54) is 52.7 Å². The number of carbonyl (C=O) groups excluding carboxylic acids is 1. The highest BCUT2D eigenvalue weighted by atomic mass is 16.5. The maximum Gasteiger partial charge on any atom is 0.293 e. The van der Waals surface area contributed by atoms with E-state index >= 15 is 0 Å². The summed E-state index contributed by atoms with van der Waals surface area (Å²) in [6.45, 7) is 19.3. The highest BCUT2D eigenvalue weighted by Gasteiger charge is 2.32. The molecule has 0 radical (unpaired) electrons. The molecule has 0 aromatic heterocycles. The highest BCUT2D eigenvalue weighted by molar-refractivity contribution is 5.72. The first kappa shape index (κ1) is 30.3. The lowest BCUT2D eigenvalue weighted by Gasteiger charge is -2.37. The quantitative estimate of drug-likeness (QED) is 0.227. The van der Waals surface area contributed by atoms with E-state index in [4.69, 9.17) is 9.47 Å². The molecule has 2 aromatic carbocycles. The van der Waals surface area contributed by atoms with Crippen molar-refractivity contribution in [2.24, 2.45) is 11.3 Å². The van der Waals surface area contributed by atoms with E-state index in [9.17, 15) is 4.79 Å². The van der Waals surface area contributed by atoms with Crippen LogP contribution in [0.25, 0.3) is 11.1 Å². The molecule has 0 amide bonds. The molecule has 0 aliphatic heterocycles. The lowest BCUT2D eigenvalue weighted by Crippen LogP contribution is -2.32. The number of allylic oxidation sites excluding steroid dienone is 4. The van der Waals surface area contributed by atoms with Gasteiger partial charge in [0.25, 0.3) is 6.47 Å². The minimum Gasteiger partial charge on any atom is -0.493 e. The Kier molecular flexibility index (Phi) is 11.0. The van der Waals surface area contributed by atoms with E-state index in [1.807, 2.05) is 0 Å². The molecule has 2 aliphatic rings. The van der Waals surface area contributed by atoms with Gasteiger partial charge in [-0.2, -0.15) is 0 Å². The molecular formula is C35H46O4. The van der Waals surface area contributed by atoms with Crippen LogP contribution in [0, 0.1) is 25.2 Å². The molecule has 39 heavy (non-hydrogen) atoms. The van der Waals surface area contributed by atoms with Gasteiger partial charge in [-0.1, -0.05) is 51.1 Å². The van der Waals surface area contributed by atoms with Gasteiger partial charge >= 0.3 is 0 Å². The first-order valence-corrected chi connectivity index (χ1v) is 14.2. The topological polar surface area (TPSA) is 44.8 Å². The van der Waals surface area contributed by atoms with Crippen molar-refractivity contribution >= 4 is 6.47 Å². The van der Waals surface area contributed by atoms with Crippen LogP contribution < -0.4 is 4.74 Å². The van der Waals surface area contributed by atoms with Crippen LogP contribution in [0.3, 0.4) is 0 Å². The summed E-state index contributed by atoms with van der Waals surface area (Å²) in [4.78, 5) is 9.18. The smallest absolute Gasteiger partial charge is 0.293 e. The van der Waals surface area contributed by atoms with Crippen LogP contribution >= 0.6 is 0 Å². The van der Waals surface area contributed by atoms with Crippen molar-refractivity contribution in [1.82, 2.24) is 0 Å². The maximum atomic E-state index is 9.18. The second kappa shape index (κ2) is 14.2. The SMILES string of the molecule is C=C(/C=C1/CC(C)C/C1=C/C)OCc1cccc(-c2c(C)cc(OCC3(C)CCC3)cc2C)c1.CCOC=O. The van der Waals surface area contributed by atoms with Crippen molar-refractivity contribution in [3.63, 3.8) is 0 Å². The Balaban J connectivity index is 0.000000771. The van der Waals surface area contributed by atoms with Gasteiger partial charge in [0, 0.05) is 5.41 Å².